The Morgan fingerprint density at radius 1 is 1.37 bits per heavy atom. The van der Waals surface area contributed by atoms with Crippen molar-refractivity contribution in [1.29, 1.82) is 0 Å². The van der Waals surface area contributed by atoms with Gasteiger partial charge in [0.15, 0.2) is 0 Å². The molecule has 100 valence electrons. The van der Waals surface area contributed by atoms with Crippen molar-refractivity contribution in [2.24, 2.45) is 0 Å². The summed E-state index contributed by atoms with van der Waals surface area (Å²) >= 11 is 0. The van der Waals surface area contributed by atoms with E-state index in [1.165, 1.54) is 0 Å². The molecule has 0 radical (unpaired) electrons. The Hall–Kier alpha value is -2.01. The van der Waals surface area contributed by atoms with E-state index in [4.69, 9.17) is 10.5 Å². The van der Waals surface area contributed by atoms with Gasteiger partial charge in [-0.3, -0.25) is 4.90 Å². The maximum Gasteiger partial charge on any atom is 0.122 e. The topological polar surface area (TPSA) is 56.3 Å². The predicted molar refractivity (Wildman–Crippen MR) is 73.7 cm³/mol. The van der Waals surface area contributed by atoms with Gasteiger partial charge in [-0.05, 0) is 11.6 Å². The van der Waals surface area contributed by atoms with Crippen LogP contribution in [-0.2, 0) is 19.6 Å². The molecule has 0 unspecified atom stereocenters. The SMILES string of the molecule is COc1ccc(CN2CCn3ccnc3C2)c(N)c1. The highest BCUT2D eigenvalue weighted by Crippen LogP contribution is 2.22. The molecule has 0 atom stereocenters. The molecule has 0 aliphatic carbocycles. The summed E-state index contributed by atoms with van der Waals surface area (Å²) in [5.41, 5.74) is 7.99. The van der Waals surface area contributed by atoms with Gasteiger partial charge in [0.1, 0.15) is 11.6 Å². The van der Waals surface area contributed by atoms with Gasteiger partial charge in [0, 0.05) is 43.8 Å². The monoisotopic (exact) mass is 258 g/mol. The number of anilines is 1. The number of fused-ring (bicyclic) bond motifs is 1. The molecule has 2 aromatic rings. The molecule has 5 nitrogen and oxygen atoms in total. The van der Waals surface area contributed by atoms with Gasteiger partial charge in [-0.15, -0.1) is 0 Å². The number of hydrogen-bond donors (Lipinski definition) is 1. The summed E-state index contributed by atoms with van der Waals surface area (Å²) in [6.07, 6.45) is 3.90. The van der Waals surface area contributed by atoms with Gasteiger partial charge in [0.05, 0.1) is 13.7 Å². The highest BCUT2D eigenvalue weighted by Gasteiger charge is 2.17. The van der Waals surface area contributed by atoms with Crippen LogP contribution in [-0.4, -0.2) is 28.1 Å². The second-order valence-corrected chi connectivity index (χ2v) is 4.81. The first-order chi connectivity index (χ1) is 9.26. The largest absolute Gasteiger partial charge is 0.497 e. The van der Waals surface area contributed by atoms with E-state index in [-0.39, 0.29) is 0 Å². The van der Waals surface area contributed by atoms with Crippen molar-refractivity contribution in [3.05, 3.63) is 42.0 Å². The van der Waals surface area contributed by atoms with E-state index in [1.54, 1.807) is 7.11 Å². The number of imidazole rings is 1. The third-order valence-electron chi connectivity index (χ3n) is 3.57. The first kappa shape index (κ1) is 12.0. The predicted octanol–water partition coefficient (Wildman–Crippen LogP) is 1.49. The van der Waals surface area contributed by atoms with E-state index < -0.39 is 0 Å². The number of nitrogens with two attached hydrogens (primary N) is 1. The lowest BCUT2D eigenvalue weighted by molar-refractivity contribution is 0.209. The summed E-state index contributed by atoms with van der Waals surface area (Å²) in [5, 5.41) is 0. The molecule has 0 spiro atoms. The Bertz CT molecular complexity index is 579. The zero-order valence-corrected chi connectivity index (χ0v) is 11.0. The molecule has 2 N–H and O–H groups in total. The van der Waals surface area contributed by atoms with Crippen LogP contribution in [0.3, 0.4) is 0 Å². The summed E-state index contributed by atoms with van der Waals surface area (Å²) in [4.78, 5) is 6.73. The Morgan fingerprint density at radius 3 is 3.05 bits per heavy atom. The standard InChI is InChI=1S/C14H18N4O/c1-19-12-3-2-11(13(15)8-12)9-17-6-7-18-5-4-16-14(18)10-17/h2-5,8H,6-7,9-10,15H2,1H3. The van der Waals surface area contributed by atoms with Crippen molar-refractivity contribution >= 4 is 5.69 Å². The number of benzene rings is 1. The van der Waals surface area contributed by atoms with Gasteiger partial charge >= 0.3 is 0 Å². The van der Waals surface area contributed by atoms with Crippen LogP contribution in [0.5, 0.6) is 5.75 Å². The van der Waals surface area contributed by atoms with Crippen molar-refractivity contribution in [2.75, 3.05) is 19.4 Å². The van der Waals surface area contributed by atoms with Crippen LogP contribution in [0.25, 0.3) is 0 Å². The fourth-order valence-electron chi connectivity index (χ4n) is 2.44. The minimum absolute atomic E-state index is 0.785. The lowest BCUT2D eigenvalue weighted by Crippen LogP contribution is -2.33. The summed E-state index contributed by atoms with van der Waals surface area (Å²) in [6, 6.07) is 5.87. The molecule has 1 aliphatic rings. The minimum atomic E-state index is 0.785. The Balaban J connectivity index is 1.73. The smallest absolute Gasteiger partial charge is 0.122 e. The lowest BCUT2D eigenvalue weighted by Gasteiger charge is -2.28. The first-order valence-electron chi connectivity index (χ1n) is 6.41. The molecule has 0 saturated heterocycles. The number of nitrogen functional groups attached to an aromatic ring is 1. The molecule has 19 heavy (non-hydrogen) atoms. The number of rotatable bonds is 3. The van der Waals surface area contributed by atoms with Crippen LogP contribution in [0.2, 0.25) is 0 Å². The van der Waals surface area contributed by atoms with Crippen LogP contribution >= 0.6 is 0 Å². The van der Waals surface area contributed by atoms with Gasteiger partial charge in [-0.1, -0.05) is 6.07 Å². The van der Waals surface area contributed by atoms with E-state index >= 15 is 0 Å². The van der Waals surface area contributed by atoms with Gasteiger partial charge in [0.25, 0.3) is 0 Å². The number of ether oxygens (including phenoxy) is 1. The average molecular weight is 258 g/mol. The molecular formula is C14H18N4O. The third-order valence-corrected chi connectivity index (χ3v) is 3.57. The highest BCUT2D eigenvalue weighted by atomic mass is 16.5. The quantitative estimate of drug-likeness (QED) is 0.847. The van der Waals surface area contributed by atoms with Crippen molar-refractivity contribution in [2.45, 2.75) is 19.6 Å². The molecule has 0 saturated carbocycles. The first-order valence-corrected chi connectivity index (χ1v) is 6.41. The van der Waals surface area contributed by atoms with Crippen LogP contribution in [0, 0.1) is 0 Å². The zero-order valence-electron chi connectivity index (χ0n) is 11.0. The van der Waals surface area contributed by atoms with Crippen LogP contribution in [0.15, 0.2) is 30.6 Å². The summed E-state index contributed by atoms with van der Waals surface area (Å²) < 4.78 is 7.37. The van der Waals surface area contributed by atoms with E-state index in [9.17, 15) is 0 Å². The summed E-state index contributed by atoms with van der Waals surface area (Å²) in [5.74, 6) is 1.92. The van der Waals surface area contributed by atoms with Gasteiger partial charge in [-0.2, -0.15) is 0 Å². The molecule has 0 amide bonds. The Morgan fingerprint density at radius 2 is 2.26 bits per heavy atom. The van der Waals surface area contributed by atoms with Crippen LogP contribution < -0.4 is 10.5 Å². The second-order valence-electron chi connectivity index (χ2n) is 4.81. The van der Waals surface area contributed by atoms with E-state index in [0.29, 0.717) is 0 Å². The van der Waals surface area contributed by atoms with E-state index in [1.807, 2.05) is 30.6 Å². The van der Waals surface area contributed by atoms with Crippen LogP contribution in [0.1, 0.15) is 11.4 Å². The highest BCUT2D eigenvalue weighted by molar-refractivity contribution is 5.51. The number of methoxy groups -OCH3 is 1. The minimum Gasteiger partial charge on any atom is -0.497 e. The van der Waals surface area contributed by atoms with Crippen LogP contribution in [0.4, 0.5) is 5.69 Å². The molecule has 0 fully saturated rings. The van der Waals surface area contributed by atoms with Gasteiger partial charge < -0.3 is 15.0 Å². The molecule has 1 aliphatic heterocycles. The number of nitrogens with zero attached hydrogens (tertiary/aromatic N) is 3. The van der Waals surface area contributed by atoms with Crippen molar-refractivity contribution < 1.29 is 4.74 Å². The average Bonchev–Trinajstić information content (AvgIpc) is 2.88. The Kier molecular flexibility index (Phi) is 3.13. The fraction of sp³-hybridized carbons (Fsp3) is 0.357. The lowest BCUT2D eigenvalue weighted by atomic mass is 10.1. The molecule has 5 heteroatoms. The van der Waals surface area contributed by atoms with Crippen molar-refractivity contribution in [3.63, 3.8) is 0 Å². The van der Waals surface area contributed by atoms with E-state index in [0.717, 1.165) is 49.0 Å². The summed E-state index contributed by atoms with van der Waals surface area (Å²) in [6.45, 7) is 3.74. The third kappa shape index (κ3) is 2.42. The maximum atomic E-state index is 6.06. The molecule has 1 aromatic carbocycles. The Labute approximate surface area is 112 Å². The molecule has 0 bridgehead atoms. The molecule has 1 aromatic heterocycles. The van der Waals surface area contributed by atoms with Crippen molar-refractivity contribution in [3.8, 4) is 5.75 Å². The molecular weight excluding hydrogens is 240 g/mol. The zero-order chi connectivity index (χ0) is 13.2. The fourth-order valence-corrected chi connectivity index (χ4v) is 2.44. The molecule has 2 heterocycles. The molecule has 3 rings (SSSR count). The van der Waals surface area contributed by atoms with Crippen molar-refractivity contribution in [1.82, 2.24) is 14.5 Å². The normalized spacial score (nSPS) is 15.2. The summed E-state index contributed by atoms with van der Waals surface area (Å²) in [7, 11) is 1.65. The maximum absolute atomic E-state index is 6.06. The number of aromatic nitrogens is 2. The number of hydrogen-bond acceptors (Lipinski definition) is 4. The van der Waals surface area contributed by atoms with Gasteiger partial charge in [-0.25, -0.2) is 4.98 Å². The second kappa shape index (κ2) is 4.93. The van der Waals surface area contributed by atoms with Gasteiger partial charge in [0.2, 0.25) is 0 Å². The van der Waals surface area contributed by atoms with E-state index in [2.05, 4.69) is 14.5 Å².